The molecule has 3 aromatic rings. The molecule has 0 radical (unpaired) electrons. The van der Waals surface area contributed by atoms with Crippen LogP contribution in [0, 0.1) is 6.92 Å². The van der Waals surface area contributed by atoms with Crippen LogP contribution in [0.3, 0.4) is 0 Å². The number of aryl methyl sites for hydroxylation is 1. The van der Waals surface area contributed by atoms with E-state index in [1.54, 1.807) is 20.3 Å². The first-order valence-electron chi connectivity index (χ1n) is 12.8. The number of rotatable bonds is 9. The van der Waals surface area contributed by atoms with Crippen molar-refractivity contribution in [3.63, 3.8) is 0 Å². The highest BCUT2D eigenvalue weighted by Gasteiger charge is 2.36. The van der Waals surface area contributed by atoms with E-state index in [4.69, 9.17) is 32.7 Å². The predicted octanol–water partition coefficient (Wildman–Crippen LogP) is 6.20. The predicted molar refractivity (Wildman–Crippen MR) is 152 cm³/mol. The van der Waals surface area contributed by atoms with Crippen LogP contribution in [-0.2, 0) is 22.9 Å². The minimum absolute atomic E-state index is 0.00319. The second kappa shape index (κ2) is 11.1. The summed E-state index contributed by atoms with van der Waals surface area (Å²) in [5, 5.41) is 0.491. The number of benzene rings is 3. The molecule has 38 heavy (non-hydrogen) atoms. The Morgan fingerprint density at radius 2 is 1.89 bits per heavy atom. The van der Waals surface area contributed by atoms with Crippen LogP contribution < -0.4 is 14.2 Å². The van der Waals surface area contributed by atoms with Crippen molar-refractivity contribution in [2.45, 2.75) is 43.5 Å². The lowest BCUT2D eigenvalue weighted by molar-refractivity contribution is 0.184. The third kappa shape index (κ3) is 5.15. The molecule has 0 saturated heterocycles. The van der Waals surface area contributed by atoms with Gasteiger partial charge < -0.3 is 9.47 Å². The highest BCUT2D eigenvalue weighted by atomic mass is 35.5. The van der Waals surface area contributed by atoms with Gasteiger partial charge in [-0.25, -0.2) is 13.1 Å². The Morgan fingerprint density at radius 3 is 2.63 bits per heavy atom. The van der Waals surface area contributed by atoms with Gasteiger partial charge in [-0.2, -0.15) is 0 Å². The molecule has 1 unspecified atom stereocenters. The highest BCUT2D eigenvalue weighted by Crippen LogP contribution is 2.48. The summed E-state index contributed by atoms with van der Waals surface area (Å²) >= 11 is 12.9. The number of nitrogens with zero attached hydrogens (tertiary/aromatic N) is 1. The van der Waals surface area contributed by atoms with Crippen LogP contribution in [-0.4, -0.2) is 47.2 Å². The minimum atomic E-state index is -3.85. The Kier molecular flexibility index (Phi) is 7.94. The van der Waals surface area contributed by atoms with Crippen molar-refractivity contribution in [3.05, 3.63) is 74.8 Å². The molecule has 1 aliphatic heterocycles. The lowest BCUT2D eigenvalue weighted by Crippen LogP contribution is -2.36. The quantitative estimate of drug-likeness (QED) is 0.308. The number of hydrogen-bond donors (Lipinski definition) is 1. The van der Waals surface area contributed by atoms with Crippen LogP contribution >= 0.6 is 23.2 Å². The smallest absolute Gasteiger partial charge is 0.242 e. The molecule has 202 valence electrons. The fourth-order valence-corrected chi connectivity index (χ4v) is 7.84. The van der Waals surface area contributed by atoms with Crippen molar-refractivity contribution in [2.75, 3.05) is 33.9 Å². The van der Waals surface area contributed by atoms with Gasteiger partial charge in [-0.3, -0.25) is 4.90 Å². The molecular weight excluding hydrogens is 543 g/mol. The first-order valence-corrected chi connectivity index (χ1v) is 15.0. The van der Waals surface area contributed by atoms with Gasteiger partial charge in [-0.1, -0.05) is 53.0 Å². The average Bonchev–Trinajstić information content (AvgIpc) is 3.34. The van der Waals surface area contributed by atoms with Crippen molar-refractivity contribution in [1.29, 1.82) is 0 Å². The Labute approximate surface area is 234 Å². The third-order valence-electron chi connectivity index (χ3n) is 7.55. The zero-order valence-corrected chi connectivity index (χ0v) is 24.1. The second-order valence-electron chi connectivity index (χ2n) is 9.89. The van der Waals surface area contributed by atoms with Gasteiger partial charge in [0.1, 0.15) is 4.90 Å². The van der Waals surface area contributed by atoms with Crippen LogP contribution in [0.15, 0.2) is 47.4 Å². The number of sulfonamides is 1. The fourth-order valence-electron chi connectivity index (χ4n) is 5.84. The van der Waals surface area contributed by atoms with Gasteiger partial charge in [0, 0.05) is 41.8 Å². The van der Waals surface area contributed by atoms with E-state index >= 15 is 0 Å². The van der Waals surface area contributed by atoms with E-state index in [0.717, 1.165) is 55.0 Å². The molecule has 0 saturated carbocycles. The number of ether oxygens (including phenoxy) is 2. The summed E-state index contributed by atoms with van der Waals surface area (Å²) in [6, 6.07) is 13.3. The van der Waals surface area contributed by atoms with E-state index in [-0.39, 0.29) is 9.92 Å². The zero-order valence-electron chi connectivity index (χ0n) is 21.8. The SMILES string of the molecule is COc1cc2c3c(c1OC)CCC3N(CCCNS(=O)(=O)c1cc(Cl)cc(-c3cccc(C)c3)c1Cl)CC2. The molecule has 9 heteroatoms. The molecule has 1 N–H and O–H groups in total. The van der Waals surface area contributed by atoms with E-state index < -0.39 is 10.0 Å². The average molecular weight is 576 g/mol. The van der Waals surface area contributed by atoms with Gasteiger partial charge in [-0.15, -0.1) is 0 Å². The molecule has 0 bridgehead atoms. The third-order valence-corrected chi connectivity index (χ3v) is 9.77. The second-order valence-corrected chi connectivity index (χ2v) is 12.4. The highest BCUT2D eigenvalue weighted by molar-refractivity contribution is 7.89. The van der Waals surface area contributed by atoms with Gasteiger partial charge in [0.15, 0.2) is 11.5 Å². The minimum Gasteiger partial charge on any atom is -0.493 e. The Balaban J connectivity index is 1.27. The molecule has 3 aromatic carbocycles. The molecule has 2 aliphatic rings. The summed E-state index contributed by atoms with van der Waals surface area (Å²) in [4.78, 5) is 2.46. The lowest BCUT2D eigenvalue weighted by atomic mass is 9.92. The van der Waals surface area contributed by atoms with Crippen LogP contribution in [0.2, 0.25) is 10.0 Å². The first kappa shape index (κ1) is 27.3. The molecule has 1 heterocycles. The molecular formula is C29H32Cl2N2O4S. The van der Waals surface area contributed by atoms with E-state index in [0.29, 0.717) is 29.6 Å². The topological polar surface area (TPSA) is 67.9 Å². The van der Waals surface area contributed by atoms with Crippen molar-refractivity contribution < 1.29 is 17.9 Å². The summed E-state index contributed by atoms with van der Waals surface area (Å²) in [5.74, 6) is 1.64. The zero-order chi connectivity index (χ0) is 27.0. The molecule has 1 aliphatic carbocycles. The van der Waals surface area contributed by atoms with E-state index in [2.05, 4.69) is 15.7 Å². The Hall–Kier alpha value is -2.29. The maximum Gasteiger partial charge on any atom is 0.242 e. The molecule has 5 rings (SSSR count). The number of nitrogens with one attached hydrogen (secondary N) is 1. The van der Waals surface area contributed by atoms with E-state index in [9.17, 15) is 8.42 Å². The van der Waals surface area contributed by atoms with Crippen molar-refractivity contribution >= 4 is 33.2 Å². The molecule has 0 aromatic heterocycles. The lowest BCUT2D eigenvalue weighted by Gasteiger charge is -2.35. The van der Waals surface area contributed by atoms with Crippen molar-refractivity contribution in [1.82, 2.24) is 9.62 Å². The molecule has 6 nitrogen and oxygen atoms in total. The maximum atomic E-state index is 13.2. The first-order chi connectivity index (χ1) is 18.2. The Bertz CT molecular complexity index is 1480. The van der Waals surface area contributed by atoms with Gasteiger partial charge in [0.25, 0.3) is 0 Å². The maximum absolute atomic E-state index is 13.2. The summed E-state index contributed by atoms with van der Waals surface area (Å²) in [7, 11) is -0.475. The van der Waals surface area contributed by atoms with Crippen LogP contribution in [0.5, 0.6) is 11.5 Å². The molecule has 1 atom stereocenters. The van der Waals surface area contributed by atoms with Crippen molar-refractivity contribution in [2.24, 2.45) is 0 Å². The molecule has 0 fully saturated rings. The van der Waals surface area contributed by atoms with Crippen LogP contribution in [0.1, 0.15) is 41.1 Å². The van der Waals surface area contributed by atoms with Crippen LogP contribution in [0.4, 0.5) is 0 Å². The monoisotopic (exact) mass is 574 g/mol. The van der Waals surface area contributed by atoms with Gasteiger partial charge in [0.05, 0.1) is 19.2 Å². The van der Waals surface area contributed by atoms with Crippen molar-refractivity contribution in [3.8, 4) is 22.6 Å². The summed E-state index contributed by atoms with van der Waals surface area (Å²) in [6.07, 6.45) is 3.59. The summed E-state index contributed by atoms with van der Waals surface area (Å²) in [5.41, 5.74) is 6.41. The molecule has 0 spiro atoms. The molecule has 0 amide bonds. The summed E-state index contributed by atoms with van der Waals surface area (Å²) < 4.78 is 40.5. The van der Waals surface area contributed by atoms with Crippen LogP contribution in [0.25, 0.3) is 11.1 Å². The number of halogens is 2. The standard InChI is InChI=1S/C29H32Cl2N2O4S/c1-18-6-4-7-19(14-18)23-16-21(30)17-26(28(23)31)38(34,35)32-11-5-12-33-13-10-20-15-25(36-2)29(37-3)22-8-9-24(33)27(20)22/h4,6-7,14-17,24,32H,5,8-13H2,1-3H3. The van der Waals surface area contributed by atoms with Gasteiger partial charge in [-0.05, 0) is 67.5 Å². The summed E-state index contributed by atoms with van der Waals surface area (Å²) in [6.45, 7) is 4.00. The number of hydrogen-bond acceptors (Lipinski definition) is 5. The normalized spacial score (nSPS) is 16.9. The fraction of sp³-hybridized carbons (Fsp3) is 0.379. The van der Waals surface area contributed by atoms with Gasteiger partial charge in [0.2, 0.25) is 10.0 Å². The van der Waals surface area contributed by atoms with E-state index in [1.807, 2.05) is 31.2 Å². The van der Waals surface area contributed by atoms with Gasteiger partial charge >= 0.3 is 0 Å². The Morgan fingerprint density at radius 1 is 1.08 bits per heavy atom. The number of methoxy groups -OCH3 is 2. The van der Waals surface area contributed by atoms with E-state index in [1.165, 1.54) is 22.8 Å². The largest absolute Gasteiger partial charge is 0.493 e.